The summed E-state index contributed by atoms with van der Waals surface area (Å²) in [6, 6.07) is 22.2. The van der Waals surface area contributed by atoms with Crippen molar-refractivity contribution in [2.75, 3.05) is 0 Å². The number of benzene rings is 3. The van der Waals surface area contributed by atoms with Crippen molar-refractivity contribution in [1.82, 2.24) is 4.57 Å². The summed E-state index contributed by atoms with van der Waals surface area (Å²) in [5.41, 5.74) is 3.32. The van der Waals surface area contributed by atoms with Crippen molar-refractivity contribution in [2.24, 2.45) is 0 Å². The van der Waals surface area contributed by atoms with Gasteiger partial charge in [-0.1, -0.05) is 47.5 Å². The highest BCUT2D eigenvalue weighted by Crippen LogP contribution is 2.36. The molecule has 4 aromatic rings. The summed E-state index contributed by atoms with van der Waals surface area (Å²) in [4.78, 5) is 0. The second-order valence-corrected chi connectivity index (χ2v) is 5.81. The van der Waals surface area contributed by atoms with Gasteiger partial charge in [0.15, 0.2) is 0 Å². The second kappa shape index (κ2) is 4.80. The number of nitrogens with zero attached hydrogens (tertiary/aromatic N) is 1. The molecule has 0 radical (unpaired) electrons. The molecule has 0 saturated heterocycles. The molecular formula is C18H11Cl2N. The van der Waals surface area contributed by atoms with E-state index in [1.165, 1.54) is 0 Å². The topological polar surface area (TPSA) is 4.93 Å². The molecule has 0 fully saturated rings. The van der Waals surface area contributed by atoms with Crippen LogP contribution in [0.4, 0.5) is 0 Å². The molecule has 1 nitrogen and oxygen atoms in total. The van der Waals surface area contributed by atoms with Crippen LogP contribution in [0.3, 0.4) is 0 Å². The van der Waals surface area contributed by atoms with Crippen LogP contribution in [0.25, 0.3) is 27.5 Å². The summed E-state index contributed by atoms with van der Waals surface area (Å²) in [6.45, 7) is 0. The predicted octanol–water partition coefficient (Wildman–Crippen LogP) is 6.09. The minimum atomic E-state index is 0.734. The third-order valence-electron chi connectivity index (χ3n) is 3.73. The van der Waals surface area contributed by atoms with Crippen LogP contribution < -0.4 is 0 Å². The molecule has 0 saturated carbocycles. The number of aromatic nitrogens is 1. The predicted molar refractivity (Wildman–Crippen MR) is 90.8 cm³/mol. The maximum atomic E-state index is 6.43. The summed E-state index contributed by atoms with van der Waals surface area (Å²) in [7, 11) is 0. The van der Waals surface area contributed by atoms with Gasteiger partial charge in [0.05, 0.1) is 16.1 Å². The molecule has 0 spiro atoms. The molecule has 1 aromatic heterocycles. The summed E-state index contributed by atoms with van der Waals surface area (Å²) in [5, 5.41) is 3.76. The van der Waals surface area contributed by atoms with Crippen molar-refractivity contribution in [1.29, 1.82) is 0 Å². The molecule has 3 heteroatoms. The van der Waals surface area contributed by atoms with Gasteiger partial charge in [-0.2, -0.15) is 0 Å². The Bertz CT molecular complexity index is 952. The molecule has 21 heavy (non-hydrogen) atoms. The minimum absolute atomic E-state index is 0.734. The van der Waals surface area contributed by atoms with E-state index in [4.69, 9.17) is 23.2 Å². The van der Waals surface area contributed by atoms with Crippen LogP contribution in [0.5, 0.6) is 0 Å². The van der Waals surface area contributed by atoms with Crippen LogP contribution >= 0.6 is 23.2 Å². The van der Waals surface area contributed by atoms with Gasteiger partial charge in [-0.15, -0.1) is 0 Å². The average Bonchev–Trinajstić information content (AvgIpc) is 2.84. The average molecular weight is 312 g/mol. The maximum absolute atomic E-state index is 6.43. The number of hydrogen-bond donors (Lipinski definition) is 0. The zero-order chi connectivity index (χ0) is 14.4. The van der Waals surface area contributed by atoms with E-state index in [0.717, 1.165) is 37.5 Å². The maximum Gasteiger partial charge on any atom is 0.0556 e. The van der Waals surface area contributed by atoms with E-state index in [1.807, 2.05) is 48.5 Å². The fourth-order valence-corrected chi connectivity index (χ4v) is 3.24. The Balaban J connectivity index is 2.20. The van der Waals surface area contributed by atoms with Gasteiger partial charge < -0.3 is 4.57 Å². The van der Waals surface area contributed by atoms with E-state index < -0.39 is 0 Å². The quantitative estimate of drug-likeness (QED) is 0.401. The number of fused-ring (bicyclic) bond motifs is 3. The molecule has 0 unspecified atom stereocenters. The third-order valence-corrected chi connectivity index (χ3v) is 4.30. The number of para-hydroxylation sites is 1. The summed E-state index contributed by atoms with van der Waals surface area (Å²) >= 11 is 12.4. The van der Waals surface area contributed by atoms with Gasteiger partial charge >= 0.3 is 0 Å². The third kappa shape index (κ3) is 1.93. The van der Waals surface area contributed by atoms with Crippen molar-refractivity contribution in [3.8, 4) is 5.69 Å². The molecule has 0 aliphatic rings. The first-order valence-corrected chi connectivity index (χ1v) is 7.45. The van der Waals surface area contributed by atoms with Crippen LogP contribution in [0.1, 0.15) is 0 Å². The Morgan fingerprint density at radius 2 is 1.38 bits per heavy atom. The first-order valence-electron chi connectivity index (χ1n) is 6.69. The van der Waals surface area contributed by atoms with Crippen LogP contribution in [-0.2, 0) is 0 Å². The molecule has 3 aromatic carbocycles. The Morgan fingerprint density at radius 1 is 0.667 bits per heavy atom. The standard InChI is InChI=1S/C18H11Cl2N/c19-12-8-10-13(11-9-12)21-16-6-2-1-4-14(16)18-15(20)5-3-7-17(18)21/h1-11H. The number of halogens is 2. The lowest BCUT2D eigenvalue weighted by molar-refractivity contribution is 1.18. The first kappa shape index (κ1) is 12.8. The molecule has 4 rings (SSSR count). The second-order valence-electron chi connectivity index (χ2n) is 4.96. The lowest BCUT2D eigenvalue weighted by atomic mass is 10.1. The van der Waals surface area contributed by atoms with Crippen LogP contribution in [0, 0.1) is 0 Å². The zero-order valence-corrected chi connectivity index (χ0v) is 12.6. The smallest absolute Gasteiger partial charge is 0.0556 e. The molecule has 0 amide bonds. The van der Waals surface area contributed by atoms with Gasteiger partial charge in [0.25, 0.3) is 0 Å². The van der Waals surface area contributed by atoms with Gasteiger partial charge in [0.2, 0.25) is 0 Å². The van der Waals surface area contributed by atoms with E-state index in [-0.39, 0.29) is 0 Å². The van der Waals surface area contributed by atoms with E-state index in [9.17, 15) is 0 Å². The van der Waals surface area contributed by atoms with Gasteiger partial charge in [-0.3, -0.25) is 0 Å². The first-order chi connectivity index (χ1) is 10.3. The van der Waals surface area contributed by atoms with Crippen LogP contribution in [0.15, 0.2) is 66.7 Å². The molecule has 1 heterocycles. The minimum Gasteiger partial charge on any atom is -0.309 e. The van der Waals surface area contributed by atoms with Crippen LogP contribution in [0.2, 0.25) is 10.0 Å². The van der Waals surface area contributed by atoms with E-state index in [0.29, 0.717) is 0 Å². The van der Waals surface area contributed by atoms with Crippen molar-refractivity contribution in [3.05, 3.63) is 76.8 Å². The zero-order valence-electron chi connectivity index (χ0n) is 11.1. The highest BCUT2D eigenvalue weighted by Gasteiger charge is 2.13. The fourth-order valence-electron chi connectivity index (χ4n) is 2.84. The van der Waals surface area contributed by atoms with Gasteiger partial charge in [0.1, 0.15) is 0 Å². The monoisotopic (exact) mass is 311 g/mol. The Morgan fingerprint density at radius 3 is 2.19 bits per heavy atom. The Labute approximate surface area is 132 Å². The van der Waals surface area contributed by atoms with Crippen molar-refractivity contribution in [3.63, 3.8) is 0 Å². The molecule has 0 aliphatic carbocycles. The molecule has 0 N–H and O–H groups in total. The number of rotatable bonds is 1. The summed E-state index contributed by atoms with van der Waals surface area (Å²) in [6.07, 6.45) is 0. The summed E-state index contributed by atoms with van der Waals surface area (Å²) < 4.78 is 2.22. The fraction of sp³-hybridized carbons (Fsp3) is 0. The van der Waals surface area contributed by atoms with Crippen molar-refractivity contribution < 1.29 is 0 Å². The van der Waals surface area contributed by atoms with E-state index >= 15 is 0 Å². The van der Waals surface area contributed by atoms with Crippen LogP contribution in [-0.4, -0.2) is 4.57 Å². The molecule has 0 aliphatic heterocycles. The molecule has 0 atom stereocenters. The highest BCUT2D eigenvalue weighted by molar-refractivity contribution is 6.38. The normalized spacial score (nSPS) is 11.3. The molecular weight excluding hydrogens is 301 g/mol. The lowest BCUT2D eigenvalue weighted by Gasteiger charge is -2.07. The largest absolute Gasteiger partial charge is 0.309 e. The van der Waals surface area contributed by atoms with Gasteiger partial charge in [0, 0.05) is 21.5 Å². The SMILES string of the molecule is Clc1ccc(-n2c3ccccc3c3c(Cl)cccc32)cc1. The van der Waals surface area contributed by atoms with Crippen molar-refractivity contribution >= 4 is 45.0 Å². The summed E-state index contributed by atoms with van der Waals surface area (Å²) in [5.74, 6) is 0. The van der Waals surface area contributed by atoms with Crippen molar-refractivity contribution in [2.45, 2.75) is 0 Å². The Kier molecular flexibility index (Phi) is 2.91. The lowest BCUT2D eigenvalue weighted by Crippen LogP contribution is -1.92. The molecule has 0 bridgehead atoms. The molecule has 102 valence electrons. The Hall–Kier alpha value is -1.96. The number of hydrogen-bond acceptors (Lipinski definition) is 0. The van der Waals surface area contributed by atoms with Gasteiger partial charge in [-0.05, 0) is 42.5 Å². The highest BCUT2D eigenvalue weighted by atomic mass is 35.5. The van der Waals surface area contributed by atoms with E-state index in [2.05, 4.69) is 22.8 Å². The van der Waals surface area contributed by atoms with E-state index in [1.54, 1.807) is 0 Å². The van der Waals surface area contributed by atoms with Gasteiger partial charge in [-0.25, -0.2) is 0 Å².